The maximum absolute atomic E-state index is 2.58. The highest BCUT2D eigenvalue weighted by atomic mass is 32.1. The lowest BCUT2D eigenvalue weighted by Gasteiger charge is -2.31. The summed E-state index contributed by atoms with van der Waals surface area (Å²) < 4.78 is 5.25. The van der Waals surface area contributed by atoms with Gasteiger partial charge in [0.1, 0.15) is 0 Å². The van der Waals surface area contributed by atoms with Crippen molar-refractivity contribution in [2.24, 2.45) is 0 Å². The maximum atomic E-state index is 2.58. The zero-order valence-corrected chi connectivity index (χ0v) is 49.9. The molecule has 0 radical (unpaired) electrons. The molecule has 0 unspecified atom stereocenters. The van der Waals surface area contributed by atoms with Crippen molar-refractivity contribution < 1.29 is 0 Å². The maximum Gasteiger partial charge on any atom is 0.0558 e. The molecule has 2 aromatic heterocycles. The van der Waals surface area contributed by atoms with Crippen molar-refractivity contribution in [1.29, 1.82) is 0 Å². The Kier molecular flexibility index (Phi) is 11.8. The fourth-order valence-corrected chi connectivity index (χ4v) is 15.9. The van der Waals surface area contributed by atoms with Gasteiger partial charge in [0.2, 0.25) is 0 Å². The molecule has 2 heterocycles. The molecule has 1 aliphatic rings. The van der Waals surface area contributed by atoms with E-state index in [4.69, 9.17) is 0 Å². The quantitative estimate of drug-likeness (QED) is 0.150. The summed E-state index contributed by atoms with van der Waals surface area (Å²) in [5.41, 5.74) is 19.4. The normalized spacial score (nSPS) is 13.2. The van der Waals surface area contributed by atoms with Crippen LogP contribution in [0.3, 0.4) is 0 Å². The van der Waals surface area contributed by atoms with E-state index in [0.717, 1.165) is 22.7 Å². The van der Waals surface area contributed by atoms with Crippen LogP contribution in [0.5, 0.6) is 0 Å². The smallest absolute Gasteiger partial charge is 0.0558 e. The number of nitrogens with zero attached hydrogens (tertiary/aromatic N) is 2. The summed E-state index contributed by atoms with van der Waals surface area (Å²) in [5, 5.41) is 10.2. The first-order valence-electron chi connectivity index (χ1n) is 29.1. The van der Waals surface area contributed by atoms with Crippen molar-refractivity contribution >= 4 is 119 Å². The van der Waals surface area contributed by atoms with Gasteiger partial charge < -0.3 is 9.80 Å². The largest absolute Gasteiger partial charge is 0.310 e. The van der Waals surface area contributed by atoms with Gasteiger partial charge in [-0.1, -0.05) is 225 Å². The van der Waals surface area contributed by atoms with E-state index in [-0.39, 0.29) is 10.8 Å². The van der Waals surface area contributed by atoms with Gasteiger partial charge in [-0.15, -0.1) is 22.7 Å². The number of fused-ring (bicyclic) bond motifs is 13. The molecule has 0 atom stereocenters. The molecule has 15 rings (SSSR count). The Morgan fingerprint density at radius 3 is 1.04 bits per heavy atom. The second-order valence-corrected chi connectivity index (χ2v) is 27.4. The highest BCUT2D eigenvalue weighted by molar-refractivity contribution is 7.27. The minimum atomic E-state index is -0.400. The zero-order valence-electron chi connectivity index (χ0n) is 48.3. The summed E-state index contributed by atoms with van der Waals surface area (Å²) in [7, 11) is 0. The Bertz CT molecular complexity index is 4550. The molecule has 1 aliphatic carbocycles. The summed E-state index contributed by atoms with van der Waals surface area (Å²) in [4.78, 5) is 5.09. The number of hydrogen-bond donors (Lipinski definition) is 0. The second-order valence-electron chi connectivity index (χ2n) is 25.3. The minimum Gasteiger partial charge on any atom is -0.310 e. The van der Waals surface area contributed by atoms with Crippen LogP contribution >= 0.6 is 22.7 Å². The fourth-order valence-electron chi connectivity index (χ4n) is 13.3. The third-order valence-corrected chi connectivity index (χ3v) is 20.1. The highest BCUT2D eigenvalue weighted by Gasteiger charge is 2.42. The van der Waals surface area contributed by atoms with E-state index in [0.29, 0.717) is 0 Å². The Hall–Kier alpha value is -8.80. The molecule has 83 heavy (non-hydrogen) atoms. The molecular weight excluding hydrogens is 1040 g/mol. The minimum absolute atomic E-state index is 0.00680. The summed E-state index contributed by atoms with van der Waals surface area (Å²) in [5.74, 6) is 0. The second kappa shape index (κ2) is 19.1. The predicted octanol–water partition coefficient (Wildman–Crippen LogP) is 23.9. The molecule has 2 nitrogen and oxygen atoms in total. The van der Waals surface area contributed by atoms with Gasteiger partial charge >= 0.3 is 0 Å². The molecule has 0 amide bonds. The molecule has 14 aromatic rings. The number of rotatable bonds is 8. The van der Waals surface area contributed by atoms with Crippen molar-refractivity contribution in [3.05, 3.63) is 265 Å². The van der Waals surface area contributed by atoms with Crippen LogP contribution in [0.25, 0.3) is 95.3 Å². The van der Waals surface area contributed by atoms with Crippen molar-refractivity contribution in [2.45, 2.75) is 71.6 Å². The average molecular weight is 1110 g/mol. The monoisotopic (exact) mass is 1100 g/mol. The van der Waals surface area contributed by atoms with E-state index >= 15 is 0 Å². The molecule has 0 fully saturated rings. The molecule has 0 N–H and O–H groups in total. The van der Waals surface area contributed by atoms with Crippen LogP contribution in [-0.2, 0) is 16.2 Å². The predicted molar refractivity (Wildman–Crippen MR) is 362 cm³/mol. The Morgan fingerprint density at radius 1 is 0.337 bits per heavy atom. The van der Waals surface area contributed by atoms with Crippen LogP contribution in [0.2, 0.25) is 0 Å². The number of benzene rings is 12. The molecule has 12 aromatic carbocycles. The molecule has 0 spiro atoms. The van der Waals surface area contributed by atoms with Gasteiger partial charge in [0.05, 0.1) is 11.4 Å². The van der Waals surface area contributed by atoms with E-state index < -0.39 is 5.41 Å². The molecule has 0 aliphatic heterocycles. The van der Waals surface area contributed by atoms with Crippen LogP contribution in [0.4, 0.5) is 34.1 Å². The molecule has 402 valence electrons. The Balaban J connectivity index is 0.975. The third-order valence-electron chi connectivity index (χ3n) is 17.8. The van der Waals surface area contributed by atoms with Gasteiger partial charge in [-0.2, -0.15) is 0 Å². The van der Waals surface area contributed by atoms with E-state index in [1.54, 1.807) is 0 Å². The van der Waals surface area contributed by atoms with Gasteiger partial charge in [-0.3, -0.25) is 0 Å². The van der Waals surface area contributed by atoms with Crippen LogP contribution in [-0.4, -0.2) is 0 Å². The van der Waals surface area contributed by atoms with Gasteiger partial charge in [-0.25, -0.2) is 0 Å². The van der Waals surface area contributed by atoms with Crippen LogP contribution in [0.1, 0.15) is 77.6 Å². The Labute approximate surface area is 495 Å². The number of anilines is 6. The fraction of sp³-hybridized carbons (Fsp3) is 0.139. The third kappa shape index (κ3) is 8.32. The summed E-state index contributed by atoms with van der Waals surface area (Å²) >= 11 is 3.90. The van der Waals surface area contributed by atoms with E-state index in [1.165, 1.54) is 129 Å². The lowest BCUT2D eigenvalue weighted by molar-refractivity contribution is 0.590. The summed E-state index contributed by atoms with van der Waals surface area (Å²) in [6.07, 6.45) is 0. The summed E-state index contributed by atoms with van der Waals surface area (Å²) in [6.45, 7) is 18.8. The average Bonchev–Trinajstić information content (AvgIpc) is 3.12. The number of thiophene rings is 2. The van der Waals surface area contributed by atoms with Crippen molar-refractivity contribution in [3.8, 4) is 33.4 Å². The molecule has 0 saturated carbocycles. The topological polar surface area (TPSA) is 6.48 Å². The lowest BCUT2D eigenvalue weighted by Crippen LogP contribution is -2.18. The first kappa shape index (κ1) is 51.1. The number of hydrogen-bond acceptors (Lipinski definition) is 4. The highest BCUT2D eigenvalue weighted by Crippen LogP contribution is 2.62. The van der Waals surface area contributed by atoms with Gasteiger partial charge in [-0.05, 0) is 150 Å². The van der Waals surface area contributed by atoms with Crippen molar-refractivity contribution in [2.75, 3.05) is 9.80 Å². The van der Waals surface area contributed by atoms with E-state index in [9.17, 15) is 0 Å². The molecule has 4 heteroatoms. The van der Waals surface area contributed by atoms with Crippen molar-refractivity contribution in [1.82, 2.24) is 0 Å². The SMILES string of the molecule is CC(C)(C)c1ccc(N(c2ccc(-c3cccc4ccccc34)cc2)c2cc3c(c4sc5ccccc5c24)-c2c(cc(N(c4ccc(-c5cccc6ccccc56)cc4)c4ccc(C(C)(C)C)cc4)c4c2sc2ccccc24)C3(C)C)cc1. The molecular formula is C79H64N2S2. The molecule has 0 saturated heterocycles. The first-order valence-corrected chi connectivity index (χ1v) is 30.8. The Morgan fingerprint density at radius 2 is 0.663 bits per heavy atom. The standard InChI is InChI=1S/C79H64N2S2/c1-77(2,3)53-35-43-57(44-36-53)80(55-39-31-51(32-40-55)61-27-17-21-49-19-9-11-23-59(49)61)67-47-65-73(75-71(67)63-25-13-15-29-69(63)82-75)74-66(79(65,7)8)48-68(72-64-26-14-16-30-70(64)83-76(72)74)81(58-45-37-54(38-46-58)78(4,5)6)56-41-33-52(34-42-56)62-28-18-22-50-20-10-12-24-60(50)62/h9-48H,1-8H3. The van der Waals surface area contributed by atoms with E-state index in [1.807, 2.05) is 22.7 Å². The van der Waals surface area contributed by atoms with Gasteiger partial charge in [0, 0.05) is 79.6 Å². The van der Waals surface area contributed by atoms with Gasteiger partial charge in [0.25, 0.3) is 0 Å². The lowest BCUT2D eigenvalue weighted by atomic mass is 9.81. The summed E-state index contributed by atoms with van der Waals surface area (Å²) in [6, 6.07) is 91.5. The van der Waals surface area contributed by atoms with E-state index in [2.05, 4.69) is 308 Å². The zero-order chi connectivity index (χ0) is 56.5. The van der Waals surface area contributed by atoms with Crippen LogP contribution in [0, 0.1) is 0 Å². The van der Waals surface area contributed by atoms with Crippen LogP contribution < -0.4 is 9.80 Å². The van der Waals surface area contributed by atoms with Crippen LogP contribution in [0.15, 0.2) is 243 Å². The first-order chi connectivity index (χ1) is 40.2. The van der Waals surface area contributed by atoms with Crippen molar-refractivity contribution in [3.63, 3.8) is 0 Å². The molecule has 0 bridgehead atoms. The van der Waals surface area contributed by atoms with Gasteiger partial charge in [0.15, 0.2) is 0 Å².